The number of hydrogen-bond acceptors (Lipinski definition) is 6. The molecular weight excluding hydrogens is 278 g/mol. The molecule has 5 N–H and O–H groups in total. The maximum Gasteiger partial charge on any atom is 0.137 e. The maximum atomic E-state index is 6.81. The number of nitrogens with two attached hydrogens (primary N) is 2. The molecule has 0 spiro atoms. The minimum atomic E-state index is -0.589. The predicted molar refractivity (Wildman–Crippen MR) is 83.7 cm³/mol. The topological polar surface area (TPSA) is 107 Å². The minimum absolute atomic E-state index is 0.333. The number of aliphatic imine (C=N–C) groups is 1. The second-order valence-corrected chi connectivity index (χ2v) is 6.30. The molecule has 7 heteroatoms. The van der Waals surface area contributed by atoms with Gasteiger partial charge in [0.25, 0.3) is 0 Å². The zero-order valence-corrected chi connectivity index (χ0v) is 12.4. The summed E-state index contributed by atoms with van der Waals surface area (Å²) >= 11 is 0. The molecular formula is C15H21N7. The van der Waals surface area contributed by atoms with E-state index in [1.807, 2.05) is 10.9 Å². The fourth-order valence-electron chi connectivity index (χ4n) is 3.98. The fraction of sp³-hybridized carbons (Fsp3) is 0.533. The van der Waals surface area contributed by atoms with Crippen LogP contribution < -0.4 is 16.8 Å². The Balaban J connectivity index is 1.56. The smallest absolute Gasteiger partial charge is 0.137 e. The van der Waals surface area contributed by atoms with Crippen LogP contribution in [0, 0.1) is 5.92 Å². The Bertz CT molecular complexity index is 649. The number of hydrogen-bond donors (Lipinski definition) is 3. The van der Waals surface area contributed by atoms with Crippen LogP contribution in [0.15, 0.2) is 41.2 Å². The van der Waals surface area contributed by atoms with E-state index in [-0.39, 0.29) is 0 Å². The molecule has 1 fully saturated rings. The minimum Gasteiger partial charge on any atom is -0.399 e. The van der Waals surface area contributed by atoms with Gasteiger partial charge in [-0.2, -0.15) is 5.10 Å². The molecule has 3 heterocycles. The number of nitrogens with zero attached hydrogens (tertiary/aromatic N) is 4. The van der Waals surface area contributed by atoms with E-state index < -0.39 is 5.54 Å². The molecule has 1 atom stereocenters. The van der Waals surface area contributed by atoms with Crippen molar-refractivity contribution in [2.75, 3.05) is 6.54 Å². The van der Waals surface area contributed by atoms with Crippen LogP contribution in [0.2, 0.25) is 0 Å². The Hall–Kier alpha value is -2.15. The predicted octanol–water partition coefficient (Wildman–Crippen LogP) is 0.449. The summed E-state index contributed by atoms with van der Waals surface area (Å²) in [5.41, 5.74) is 14.3. The van der Waals surface area contributed by atoms with Crippen LogP contribution in [0.25, 0.3) is 0 Å². The number of nitrogens with one attached hydrogen (secondary N) is 1. The largest absolute Gasteiger partial charge is 0.399 e. The second kappa shape index (κ2) is 4.95. The van der Waals surface area contributed by atoms with Crippen LogP contribution in [0.3, 0.4) is 0 Å². The van der Waals surface area contributed by atoms with Crippen LogP contribution >= 0.6 is 0 Å². The van der Waals surface area contributed by atoms with E-state index in [1.165, 1.54) is 0 Å². The summed E-state index contributed by atoms with van der Waals surface area (Å²) in [4.78, 5) is 8.49. The van der Waals surface area contributed by atoms with E-state index in [0.29, 0.717) is 24.2 Å². The van der Waals surface area contributed by atoms with E-state index in [9.17, 15) is 0 Å². The third kappa shape index (κ3) is 1.89. The lowest BCUT2D eigenvalue weighted by atomic mass is 9.68. The van der Waals surface area contributed by atoms with Crippen LogP contribution in [0.5, 0.6) is 0 Å². The molecule has 116 valence electrons. The van der Waals surface area contributed by atoms with Crippen LogP contribution in [0.1, 0.15) is 31.7 Å². The molecule has 3 aliphatic rings. The van der Waals surface area contributed by atoms with Gasteiger partial charge in [-0.05, 0) is 31.6 Å². The van der Waals surface area contributed by atoms with E-state index in [0.717, 1.165) is 37.1 Å². The quantitative estimate of drug-likeness (QED) is 0.735. The number of aromatic nitrogens is 3. The molecule has 1 aromatic rings. The average Bonchev–Trinajstić information content (AvgIpc) is 3.22. The monoisotopic (exact) mass is 299 g/mol. The molecule has 22 heavy (non-hydrogen) atoms. The van der Waals surface area contributed by atoms with Gasteiger partial charge in [0, 0.05) is 17.5 Å². The van der Waals surface area contributed by atoms with Gasteiger partial charge in [0.1, 0.15) is 18.5 Å². The van der Waals surface area contributed by atoms with Crippen molar-refractivity contribution in [1.29, 1.82) is 0 Å². The summed E-state index contributed by atoms with van der Waals surface area (Å²) in [6, 6.07) is 0.417. The van der Waals surface area contributed by atoms with Crippen molar-refractivity contribution >= 4 is 5.84 Å². The summed E-state index contributed by atoms with van der Waals surface area (Å²) < 4.78 is 1.96. The third-order valence-corrected chi connectivity index (χ3v) is 5.24. The molecule has 4 rings (SSSR count). The van der Waals surface area contributed by atoms with Gasteiger partial charge < -0.3 is 16.8 Å². The summed E-state index contributed by atoms with van der Waals surface area (Å²) in [7, 11) is 0. The Kier molecular flexibility index (Phi) is 3.04. The first kappa shape index (κ1) is 13.5. The van der Waals surface area contributed by atoms with Crippen LogP contribution in [-0.2, 0) is 0 Å². The molecule has 1 saturated carbocycles. The van der Waals surface area contributed by atoms with E-state index in [2.05, 4.69) is 26.5 Å². The first-order valence-corrected chi connectivity index (χ1v) is 7.80. The number of amidine groups is 1. The zero-order valence-electron chi connectivity index (χ0n) is 12.4. The molecule has 1 unspecified atom stereocenters. The molecule has 0 bridgehead atoms. The van der Waals surface area contributed by atoms with Crippen molar-refractivity contribution in [2.24, 2.45) is 22.4 Å². The normalized spacial score (nSPS) is 34.3. The van der Waals surface area contributed by atoms with Gasteiger partial charge >= 0.3 is 0 Å². The molecule has 7 nitrogen and oxygen atoms in total. The van der Waals surface area contributed by atoms with E-state index in [1.54, 1.807) is 12.7 Å². The summed E-state index contributed by atoms with van der Waals surface area (Å²) in [6.07, 6.45) is 11.5. The van der Waals surface area contributed by atoms with E-state index >= 15 is 0 Å². The van der Waals surface area contributed by atoms with Gasteiger partial charge in [-0.1, -0.05) is 6.08 Å². The second-order valence-electron chi connectivity index (χ2n) is 6.30. The highest BCUT2D eigenvalue weighted by Crippen LogP contribution is 2.43. The number of fused-ring (bicyclic) bond motifs is 1. The van der Waals surface area contributed by atoms with Crippen molar-refractivity contribution in [3.05, 3.63) is 36.2 Å². The lowest BCUT2D eigenvalue weighted by Gasteiger charge is -2.44. The average molecular weight is 299 g/mol. The van der Waals surface area contributed by atoms with Gasteiger partial charge in [-0.3, -0.25) is 4.99 Å². The first-order valence-electron chi connectivity index (χ1n) is 7.80. The van der Waals surface area contributed by atoms with Crippen LogP contribution in [0.4, 0.5) is 0 Å². The summed E-state index contributed by atoms with van der Waals surface area (Å²) in [5.74, 6) is 1.22. The highest BCUT2D eigenvalue weighted by molar-refractivity contribution is 6.04. The molecule has 0 amide bonds. The molecule has 0 radical (unpaired) electrons. The molecule has 0 saturated heterocycles. The fourth-order valence-corrected chi connectivity index (χ4v) is 3.98. The maximum absolute atomic E-state index is 6.81. The standard InChI is InChI=1S/C15H21N7/c16-13-7-20-14-12(5-6-19-14)15(13,17)10-1-3-11(4-2-10)22-9-18-8-21-22/h5,7-11H,1-4,6,16-17H2,(H,19,20). The molecule has 1 aromatic heterocycles. The van der Waals surface area contributed by atoms with Crippen molar-refractivity contribution in [1.82, 2.24) is 20.1 Å². The van der Waals surface area contributed by atoms with Crippen molar-refractivity contribution < 1.29 is 0 Å². The van der Waals surface area contributed by atoms with E-state index in [4.69, 9.17) is 11.5 Å². The van der Waals surface area contributed by atoms with Crippen molar-refractivity contribution in [3.8, 4) is 0 Å². The summed E-state index contributed by atoms with van der Waals surface area (Å²) in [5, 5.41) is 7.41. The number of rotatable bonds is 2. The third-order valence-electron chi connectivity index (χ3n) is 5.24. The van der Waals surface area contributed by atoms with Gasteiger partial charge in [-0.15, -0.1) is 0 Å². The van der Waals surface area contributed by atoms with Gasteiger partial charge in [-0.25, -0.2) is 9.67 Å². The van der Waals surface area contributed by atoms with Gasteiger partial charge in [0.15, 0.2) is 0 Å². The van der Waals surface area contributed by atoms with Crippen molar-refractivity contribution in [3.63, 3.8) is 0 Å². The SMILES string of the molecule is NC1=CNC2=NCC=C2C1(N)C1CCC(n2cncn2)CC1. The molecule has 2 aliphatic heterocycles. The van der Waals surface area contributed by atoms with Crippen molar-refractivity contribution in [2.45, 2.75) is 37.3 Å². The van der Waals surface area contributed by atoms with Crippen LogP contribution in [-0.4, -0.2) is 32.7 Å². The van der Waals surface area contributed by atoms with Gasteiger partial charge in [0.05, 0.1) is 18.1 Å². The lowest BCUT2D eigenvalue weighted by molar-refractivity contribution is 0.210. The lowest BCUT2D eigenvalue weighted by Crippen LogP contribution is -2.59. The summed E-state index contributed by atoms with van der Waals surface area (Å²) in [6.45, 7) is 0.687. The highest BCUT2D eigenvalue weighted by atomic mass is 15.3. The molecule has 0 aromatic carbocycles. The highest BCUT2D eigenvalue weighted by Gasteiger charge is 2.46. The Morgan fingerprint density at radius 3 is 2.82 bits per heavy atom. The Morgan fingerprint density at radius 2 is 2.09 bits per heavy atom. The Morgan fingerprint density at radius 1 is 1.27 bits per heavy atom. The first-order chi connectivity index (χ1) is 10.7. The zero-order chi connectivity index (χ0) is 15.2. The molecule has 1 aliphatic carbocycles. The Labute approximate surface area is 129 Å². The van der Waals surface area contributed by atoms with Gasteiger partial charge in [0.2, 0.25) is 0 Å².